The highest BCUT2D eigenvalue weighted by Crippen LogP contribution is 2.45. The first kappa shape index (κ1) is 20.0. The number of halogens is 4. The van der Waals surface area contributed by atoms with Crippen molar-refractivity contribution in [2.75, 3.05) is 26.2 Å². The van der Waals surface area contributed by atoms with Gasteiger partial charge >= 0.3 is 0 Å². The summed E-state index contributed by atoms with van der Waals surface area (Å²) in [6, 6.07) is 3.50. The molecule has 1 N–H and O–H groups in total. The molecule has 0 bridgehead atoms. The summed E-state index contributed by atoms with van der Waals surface area (Å²) in [6.07, 6.45) is 3.65. The molecule has 1 aromatic carbocycles. The van der Waals surface area contributed by atoms with Crippen molar-refractivity contribution in [2.24, 2.45) is 5.92 Å². The molecule has 1 atom stereocenters. The smallest absolute Gasteiger partial charge is 0.129 e. The minimum atomic E-state index is -0.143. The Bertz CT molecular complexity index is 489. The van der Waals surface area contributed by atoms with Crippen LogP contribution in [0.1, 0.15) is 36.4 Å². The average molecular weight is 370 g/mol. The Labute approximate surface area is 149 Å². The van der Waals surface area contributed by atoms with Crippen molar-refractivity contribution >= 4 is 36.4 Å². The topological polar surface area (TPSA) is 15.3 Å². The van der Waals surface area contributed by atoms with E-state index in [2.05, 4.69) is 10.2 Å². The minimum Gasteiger partial charge on any atom is -0.314 e. The molecule has 1 aliphatic carbocycles. The third kappa shape index (κ3) is 3.88. The van der Waals surface area contributed by atoms with Gasteiger partial charge in [-0.3, -0.25) is 4.90 Å². The summed E-state index contributed by atoms with van der Waals surface area (Å²) in [4.78, 5) is 2.42. The van der Waals surface area contributed by atoms with E-state index in [1.54, 1.807) is 12.1 Å². The second kappa shape index (κ2) is 8.70. The molecule has 2 aliphatic rings. The molecule has 2 nitrogen and oxygen atoms in total. The Morgan fingerprint density at radius 1 is 1.23 bits per heavy atom. The molecule has 22 heavy (non-hydrogen) atoms. The van der Waals surface area contributed by atoms with Crippen LogP contribution in [0.5, 0.6) is 0 Å². The van der Waals surface area contributed by atoms with Gasteiger partial charge in [0.2, 0.25) is 0 Å². The Balaban J connectivity index is 0.00000121. The molecule has 6 heteroatoms. The Kier molecular flexibility index (Phi) is 7.90. The summed E-state index contributed by atoms with van der Waals surface area (Å²) in [7, 11) is 0. The van der Waals surface area contributed by atoms with Crippen LogP contribution in [0.3, 0.4) is 0 Å². The van der Waals surface area contributed by atoms with Crippen molar-refractivity contribution in [3.8, 4) is 0 Å². The zero-order valence-corrected chi connectivity index (χ0v) is 15.2. The van der Waals surface area contributed by atoms with E-state index in [-0.39, 0.29) is 36.7 Å². The number of piperazine rings is 1. The van der Waals surface area contributed by atoms with E-state index in [0.29, 0.717) is 10.9 Å². The number of rotatable bonds is 3. The first-order chi connectivity index (χ1) is 9.68. The van der Waals surface area contributed by atoms with Gasteiger partial charge in [0.05, 0.1) is 5.02 Å². The summed E-state index contributed by atoms with van der Waals surface area (Å²) >= 11 is 6.46. The van der Waals surface area contributed by atoms with E-state index >= 15 is 0 Å². The lowest BCUT2D eigenvalue weighted by atomic mass is 9.76. The van der Waals surface area contributed by atoms with Gasteiger partial charge in [-0.25, -0.2) is 4.39 Å². The lowest BCUT2D eigenvalue weighted by Crippen LogP contribution is -2.48. The van der Waals surface area contributed by atoms with Crippen LogP contribution in [0, 0.1) is 18.7 Å². The van der Waals surface area contributed by atoms with Gasteiger partial charge in [-0.2, -0.15) is 0 Å². The van der Waals surface area contributed by atoms with E-state index in [9.17, 15) is 4.39 Å². The highest BCUT2D eigenvalue weighted by Gasteiger charge is 2.36. The van der Waals surface area contributed by atoms with E-state index < -0.39 is 0 Å². The van der Waals surface area contributed by atoms with Crippen molar-refractivity contribution < 1.29 is 4.39 Å². The molecule has 0 unspecified atom stereocenters. The monoisotopic (exact) mass is 368 g/mol. The molecule has 1 aliphatic heterocycles. The van der Waals surface area contributed by atoms with Crippen LogP contribution < -0.4 is 5.32 Å². The zero-order valence-electron chi connectivity index (χ0n) is 12.8. The fourth-order valence-electron chi connectivity index (χ4n) is 3.38. The Morgan fingerprint density at radius 2 is 1.86 bits per heavy atom. The summed E-state index contributed by atoms with van der Waals surface area (Å²) in [5.74, 6) is 0.415. The van der Waals surface area contributed by atoms with E-state index in [0.717, 1.165) is 37.3 Å². The minimum absolute atomic E-state index is 0. The fourth-order valence-corrected chi connectivity index (χ4v) is 3.65. The molecule has 1 saturated heterocycles. The molecule has 0 amide bonds. The van der Waals surface area contributed by atoms with Crippen LogP contribution in [0.25, 0.3) is 0 Å². The largest absolute Gasteiger partial charge is 0.314 e. The quantitative estimate of drug-likeness (QED) is 0.850. The second-order valence-electron chi connectivity index (χ2n) is 6.01. The summed E-state index contributed by atoms with van der Waals surface area (Å²) < 4.78 is 14.4. The van der Waals surface area contributed by atoms with Crippen LogP contribution in [0.15, 0.2) is 12.1 Å². The third-order valence-corrected chi connectivity index (χ3v) is 5.26. The maximum atomic E-state index is 14.4. The first-order valence-corrected chi connectivity index (χ1v) is 7.95. The SMILES string of the molecule is Cc1ccc(F)c([C@@H](C2CCC2)N2CCNCC2)c1Cl.Cl.Cl. The van der Waals surface area contributed by atoms with Crippen molar-refractivity contribution in [2.45, 2.75) is 32.2 Å². The molecule has 1 saturated carbocycles. The number of nitrogens with zero attached hydrogens (tertiary/aromatic N) is 1. The number of benzene rings is 1. The fraction of sp³-hybridized carbons (Fsp3) is 0.625. The van der Waals surface area contributed by atoms with Gasteiger partial charge in [-0.15, -0.1) is 24.8 Å². The van der Waals surface area contributed by atoms with Crippen LogP contribution >= 0.6 is 36.4 Å². The molecule has 0 spiro atoms. The first-order valence-electron chi connectivity index (χ1n) is 7.57. The van der Waals surface area contributed by atoms with Crippen molar-refractivity contribution in [1.29, 1.82) is 0 Å². The van der Waals surface area contributed by atoms with Gasteiger partial charge in [-0.1, -0.05) is 24.1 Å². The summed E-state index contributed by atoms with van der Waals surface area (Å²) in [6.45, 7) is 5.87. The van der Waals surface area contributed by atoms with Gasteiger partial charge in [0, 0.05) is 37.8 Å². The van der Waals surface area contributed by atoms with Gasteiger partial charge in [0.15, 0.2) is 0 Å². The molecule has 3 rings (SSSR count). The highest BCUT2D eigenvalue weighted by atomic mass is 35.5. The van der Waals surface area contributed by atoms with Crippen LogP contribution in [0.4, 0.5) is 4.39 Å². The summed E-state index contributed by atoms with van der Waals surface area (Å²) in [5, 5.41) is 3.99. The molecular formula is C16H24Cl3FN2. The standard InChI is InChI=1S/C16H22ClFN2.2ClH/c1-11-5-6-13(18)14(15(11)17)16(12-3-2-4-12)20-9-7-19-8-10-20;;/h5-6,12,16,19H,2-4,7-10H2,1H3;2*1H/t16-;;/m1../s1. The molecule has 2 fully saturated rings. The van der Waals surface area contributed by atoms with Crippen molar-refractivity contribution in [1.82, 2.24) is 10.2 Å². The van der Waals surface area contributed by atoms with Crippen molar-refractivity contribution in [3.05, 3.63) is 34.1 Å². The highest BCUT2D eigenvalue weighted by molar-refractivity contribution is 6.32. The number of hydrogen-bond donors (Lipinski definition) is 1. The lowest BCUT2D eigenvalue weighted by Gasteiger charge is -2.43. The average Bonchev–Trinajstić information content (AvgIpc) is 2.41. The number of nitrogens with one attached hydrogen (secondary N) is 1. The molecular weight excluding hydrogens is 346 g/mol. The van der Waals surface area contributed by atoms with E-state index in [4.69, 9.17) is 11.6 Å². The number of hydrogen-bond acceptors (Lipinski definition) is 2. The van der Waals surface area contributed by atoms with Gasteiger partial charge in [0.25, 0.3) is 0 Å². The van der Waals surface area contributed by atoms with Gasteiger partial charge in [0.1, 0.15) is 5.82 Å². The predicted octanol–water partition coefficient (Wildman–Crippen LogP) is 4.38. The predicted molar refractivity (Wildman–Crippen MR) is 95.2 cm³/mol. The lowest BCUT2D eigenvalue weighted by molar-refractivity contribution is 0.0812. The van der Waals surface area contributed by atoms with E-state index in [1.807, 2.05) is 6.92 Å². The van der Waals surface area contributed by atoms with E-state index in [1.165, 1.54) is 19.3 Å². The van der Waals surface area contributed by atoms with Crippen LogP contribution in [-0.4, -0.2) is 31.1 Å². The van der Waals surface area contributed by atoms with Gasteiger partial charge in [-0.05, 0) is 37.3 Å². The maximum Gasteiger partial charge on any atom is 0.129 e. The second-order valence-corrected chi connectivity index (χ2v) is 6.39. The molecule has 126 valence electrons. The zero-order chi connectivity index (χ0) is 14.1. The summed E-state index contributed by atoms with van der Waals surface area (Å²) in [5.41, 5.74) is 1.71. The number of aryl methyl sites for hydroxylation is 1. The molecule has 1 heterocycles. The van der Waals surface area contributed by atoms with Gasteiger partial charge < -0.3 is 5.32 Å². The van der Waals surface area contributed by atoms with Crippen LogP contribution in [0.2, 0.25) is 5.02 Å². The molecule has 0 radical (unpaired) electrons. The third-order valence-electron chi connectivity index (χ3n) is 4.76. The van der Waals surface area contributed by atoms with Crippen molar-refractivity contribution in [3.63, 3.8) is 0 Å². The Hall–Kier alpha value is -0.0600. The molecule has 0 aromatic heterocycles. The normalized spacial score (nSPS) is 20.5. The Morgan fingerprint density at radius 3 is 2.41 bits per heavy atom. The maximum absolute atomic E-state index is 14.4. The van der Waals surface area contributed by atoms with Crippen LogP contribution in [-0.2, 0) is 0 Å². The molecule has 1 aromatic rings.